The van der Waals surface area contributed by atoms with Crippen molar-refractivity contribution in [1.82, 2.24) is 10.2 Å². The van der Waals surface area contributed by atoms with Gasteiger partial charge in [0.2, 0.25) is 5.91 Å². The van der Waals surface area contributed by atoms with Crippen molar-refractivity contribution in [2.75, 3.05) is 31.6 Å². The van der Waals surface area contributed by atoms with E-state index in [1.807, 2.05) is 6.92 Å². The zero-order valence-electron chi connectivity index (χ0n) is 10.6. The minimum atomic E-state index is -3.23. The van der Waals surface area contributed by atoms with Gasteiger partial charge in [-0.2, -0.15) is 0 Å². The first-order chi connectivity index (χ1) is 7.94. The molecule has 0 aromatic rings. The van der Waals surface area contributed by atoms with Crippen LogP contribution in [0.25, 0.3) is 0 Å². The van der Waals surface area contributed by atoms with E-state index in [0.717, 1.165) is 38.6 Å². The van der Waals surface area contributed by atoms with Gasteiger partial charge in [-0.1, -0.05) is 6.92 Å². The van der Waals surface area contributed by atoms with Crippen molar-refractivity contribution < 1.29 is 13.2 Å². The second-order valence-electron chi connectivity index (χ2n) is 4.64. The lowest BCUT2D eigenvalue weighted by molar-refractivity contribution is -0.131. The van der Waals surface area contributed by atoms with Crippen LogP contribution in [0.1, 0.15) is 26.2 Å². The van der Waals surface area contributed by atoms with Gasteiger partial charge in [-0.15, -0.1) is 0 Å². The quantitative estimate of drug-likeness (QED) is 0.758. The van der Waals surface area contributed by atoms with E-state index < -0.39 is 9.84 Å². The van der Waals surface area contributed by atoms with Crippen LogP contribution in [0.5, 0.6) is 0 Å². The van der Waals surface area contributed by atoms with Gasteiger partial charge < -0.3 is 10.2 Å². The van der Waals surface area contributed by atoms with E-state index in [1.54, 1.807) is 4.90 Å². The molecule has 6 heteroatoms. The van der Waals surface area contributed by atoms with Crippen molar-refractivity contribution in [1.29, 1.82) is 0 Å². The van der Waals surface area contributed by atoms with Gasteiger partial charge in [0.15, 0.2) is 9.84 Å². The molecule has 0 radical (unpaired) electrons. The molecular formula is C11H22N2O3S. The van der Waals surface area contributed by atoms with Crippen molar-refractivity contribution in [2.45, 2.75) is 32.2 Å². The third kappa shape index (κ3) is 5.04. The van der Waals surface area contributed by atoms with Gasteiger partial charge in [-0.05, 0) is 32.4 Å². The summed E-state index contributed by atoms with van der Waals surface area (Å²) in [4.78, 5) is 13.7. The number of hydrogen-bond donors (Lipinski definition) is 1. The lowest BCUT2D eigenvalue weighted by Crippen LogP contribution is -2.48. The van der Waals surface area contributed by atoms with Gasteiger partial charge in [0.1, 0.15) is 5.75 Å². The van der Waals surface area contributed by atoms with Crippen molar-refractivity contribution in [3.8, 4) is 0 Å². The van der Waals surface area contributed by atoms with Crippen LogP contribution in [0.4, 0.5) is 0 Å². The first-order valence-electron chi connectivity index (χ1n) is 6.12. The summed E-state index contributed by atoms with van der Waals surface area (Å²) in [7, 11) is -3.23. The highest BCUT2D eigenvalue weighted by atomic mass is 32.2. The van der Waals surface area contributed by atoms with E-state index >= 15 is 0 Å². The second-order valence-corrected chi connectivity index (χ2v) is 6.78. The second kappa shape index (κ2) is 6.35. The monoisotopic (exact) mass is 262 g/mol. The van der Waals surface area contributed by atoms with E-state index in [-0.39, 0.29) is 17.7 Å². The van der Waals surface area contributed by atoms with Gasteiger partial charge in [0.05, 0.1) is 0 Å². The van der Waals surface area contributed by atoms with E-state index in [9.17, 15) is 13.2 Å². The molecule has 0 atom stereocenters. The lowest BCUT2D eigenvalue weighted by atomic mass is 10.0. The molecule has 1 aliphatic heterocycles. The highest BCUT2D eigenvalue weighted by molar-refractivity contribution is 7.91. The molecule has 0 aliphatic carbocycles. The largest absolute Gasteiger partial charge is 0.339 e. The number of amides is 1. The molecule has 1 rings (SSSR count). The van der Waals surface area contributed by atoms with E-state index in [1.165, 1.54) is 0 Å². The molecule has 1 fully saturated rings. The molecule has 0 aromatic carbocycles. The molecule has 1 saturated heterocycles. The van der Waals surface area contributed by atoms with Crippen LogP contribution in [0.3, 0.4) is 0 Å². The Hall–Kier alpha value is -0.620. The number of sulfone groups is 1. The van der Waals surface area contributed by atoms with Crippen molar-refractivity contribution in [3.63, 3.8) is 0 Å². The molecule has 0 unspecified atom stereocenters. The molecule has 1 amide bonds. The zero-order chi connectivity index (χ0) is 12.9. The Balaban J connectivity index is 2.66. The molecule has 0 aromatic heterocycles. The summed E-state index contributed by atoms with van der Waals surface area (Å²) in [6.45, 7) is 4.45. The average Bonchev–Trinajstić information content (AvgIpc) is 2.24. The van der Waals surface area contributed by atoms with E-state index in [4.69, 9.17) is 0 Å². The standard InChI is InChI=1S/C11H22N2O3S/c1-3-8-13(10-4-6-12-7-5-10)11(14)9-17(2,15)16/h10,12H,3-9H2,1-2H3. The van der Waals surface area contributed by atoms with Crippen LogP contribution in [0.2, 0.25) is 0 Å². The number of rotatable bonds is 5. The van der Waals surface area contributed by atoms with Crippen molar-refractivity contribution in [3.05, 3.63) is 0 Å². The Labute approximate surface area is 103 Å². The third-order valence-corrected chi connectivity index (χ3v) is 3.69. The van der Waals surface area contributed by atoms with Crippen LogP contribution in [0.15, 0.2) is 0 Å². The summed E-state index contributed by atoms with van der Waals surface area (Å²) in [6.07, 6.45) is 3.79. The molecule has 100 valence electrons. The van der Waals surface area contributed by atoms with Gasteiger partial charge in [-0.25, -0.2) is 8.42 Å². The maximum absolute atomic E-state index is 12.0. The third-order valence-electron chi connectivity index (χ3n) is 2.92. The summed E-state index contributed by atoms with van der Waals surface area (Å²) in [6, 6.07) is 0.199. The molecule has 0 spiro atoms. The maximum Gasteiger partial charge on any atom is 0.238 e. The Kier molecular flexibility index (Phi) is 5.39. The van der Waals surface area contributed by atoms with Gasteiger partial charge in [0.25, 0.3) is 0 Å². The molecule has 1 heterocycles. The highest BCUT2D eigenvalue weighted by Gasteiger charge is 2.26. The summed E-state index contributed by atoms with van der Waals surface area (Å²) in [5.74, 6) is -0.613. The predicted molar refractivity (Wildman–Crippen MR) is 67.6 cm³/mol. The molecular weight excluding hydrogens is 240 g/mol. The van der Waals surface area contributed by atoms with Gasteiger partial charge >= 0.3 is 0 Å². The average molecular weight is 262 g/mol. The Bertz CT molecular complexity index is 348. The molecule has 0 bridgehead atoms. The maximum atomic E-state index is 12.0. The summed E-state index contributed by atoms with van der Waals surface area (Å²) >= 11 is 0. The van der Waals surface area contributed by atoms with Crippen LogP contribution < -0.4 is 5.32 Å². The minimum Gasteiger partial charge on any atom is -0.339 e. The van der Waals surface area contributed by atoms with Crippen molar-refractivity contribution >= 4 is 15.7 Å². The zero-order valence-corrected chi connectivity index (χ0v) is 11.4. The van der Waals surface area contributed by atoms with E-state index in [0.29, 0.717) is 6.54 Å². The summed E-state index contributed by atoms with van der Waals surface area (Å²) in [5, 5.41) is 3.24. The molecule has 17 heavy (non-hydrogen) atoms. The highest BCUT2D eigenvalue weighted by Crippen LogP contribution is 2.13. The summed E-state index contributed by atoms with van der Waals surface area (Å²) < 4.78 is 22.3. The number of nitrogens with one attached hydrogen (secondary N) is 1. The first-order valence-corrected chi connectivity index (χ1v) is 8.18. The fraction of sp³-hybridized carbons (Fsp3) is 0.909. The number of carbonyl (C=O) groups is 1. The summed E-state index contributed by atoms with van der Waals surface area (Å²) in [5.41, 5.74) is 0. The minimum absolute atomic E-state index is 0.199. The Morgan fingerprint density at radius 2 is 1.94 bits per heavy atom. The first kappa shape index (κ1) is 14.4. The molecule has 1 aliphatic rings. The Morgan fingerprint density at radius 1 is 1.35 bits per heavy atom. The normalized spacial score (nSPS) is 18.0. The smallest absolute Gasteiger partial charge is 0.238 e. The fourth-order valence-electron chi connectivity index (χ4n) is 2.18. The molecule has 1 N–H and O–H groups in total. The lowest BCUT2D eigenvalue weighted by Gasteiger charge is -2.34. The van der Waals surface area contributed by atoms with Gasteiger partial charge in [-0.3, -0.25) is 4.79 Å². The fourth-order valence-corrected chi connectivity index (χ4v) is 2.79. The SMILES string of the molecule is CCCN(C(=O)CS(C)(=O)=O)C1CCNCC1. The van der Waals surface area contributed by atoms with E-state index in [2.05, 4.69) is 5.32 Å². The predicted octanol–water partition coefficient (Wildman–Crippen LogP) is 0.0216. The number of piperidine rings is 1. The molecule has 0 saturated carbocycles. The topological polar surface area (TPSA) is 66.5 Å². The van der Waals surface area contributed by atoms with Gasteiger partial charge in [0, 0.05) is 18.8 Å². The number of hydrogen-bond acceptors (Lipinski definition) is 4. The Morgan fingerprint density at radius 3 is 2.41 bits per heavy atom. The van der Waals surface area contributed by atoms with Crippen LogP contribution >= 0.6 is 0 Å². The van der Waals surface area contributed by atoms with Crippen LogP contribution in [-0.2, 0) is 14.6 Å². The number of nitrogens with zero attached hydrogens (tertiary/aromatic N) is 1. The molecule has 5 nitrogen and oxygen atoms in total. The van der Waals surface area contributed by atoms with Crippen molar-refractivity contribution in [2.24, 2.45) is 0 Å². The number of carbonyl (C=O) groups excluding carboxylic acids is 1. The van der Waals surface area contributed by atoms with Crippen LogP contribution in [0, 0.1) is 0 Å². The van der Waals surface area contributed by atoms with Crippen LogP contribution in [-0.4, -0.2) is 56.9 Å².